The number of carbonyl (C=O) groups excluding carboxylic acids is 1. The molecule has 0 radical (unpaired) electrons. The zero-order chi connectivity index (χ0) is 15.7. The van der Waals surface area contributed by atoms with Crippen LogP contribution in [-0.4, -0.2) is 13.0 Å². The number of halogens is 2. The van der Waals surface area contributed by atoms with Crippen LogP contribution < -0.4 is 10.1 Å². The molecule has 3 rings (SSSR count). The molecule has 114 valence electrons. The lowest BCUT2D eigenvalue weighted by Gasteiger charge is -2.08. The maximum absolute atomic E-state index is 13.7. The lowest BCUT2D eigenvalue weighted by Crippen LogP contribution is -2.14. The molecule has 2 unspecified atom stereocenters. The van der Waals surface area contributed by atoms with Crippen LogP contribution in [0.4, 0.5) is 10.1 Å². The van der Waals surface area contributed by atoms with Crippen molar-refractivity contribution in [3.63, 3.8) is 0 Å². The van der Waals surface area contributed by atoms with Gasteiger partial charge in [-0.3, -0.25) is 4.79 Å². The van der Waals surface area contributed by atoms with E-state index >= 15 is 0 Å². The molecule has 1 aliphatic carbocycles. The molecule has 1 aliphatic rings. The molecule has 0 aromatic heterocycles. The summed E-state index contributed by atoms with van der Waals surface area (Å²) in [5.74, 6) is -0.0622. The molecule has 2 atom stereocenters. The second-order valence-corrected chi connectivity index (χ2v) is 5.72. The van der Waals surface area contributed by atoms with Crippen molar-refractivity contribution in [3.05, 3.63) is 58.9 Å². The maximum atomic E-state index is 13.7. The zero-order valence-corrected chi connectivity index (χ0v) is 12.7. The SMILES string of the molecule is COc1ccc(NC(=O)C2CC2c2ccccc2F)cc1Cl. The Hall–Kier alpha value is -2.07. The third kappa shape index (κ3) is 2.92. The highest BCUT2D eigenvalue weighted by atomic mass is 35.5. The Labute approximate surface area is 133 Å². The van der Waals surface area contributed by atoms with E-state index in [2.05, 4.69) is 5.32 Å². The molecule has 0 heterocycles. The van der Waals surface area contributed by atoms with Gasteiger partial charge in [0.25, 0.3) is 0 Å². The molecule has 5 heteroatoms. The van der Waals surface area contributed by atoms with Crippen LogP contribution >= 0.6 is 11.6 Å². The molecule has 3 nitrogen and oxygen atoms in total. The van der Waals surface area contributed by atoms with Gasteiger partial charge < -0.3 is 10.1 Å². The largest absolute Gasteiger partial charge is 0.495 e. The summed E-state index contributed by atoms with van der Waals surface area (Å²) in [6.45, 7) is 0. The Morgan fingerprint density at radius 1 is 1.32 bits per heavy atom. The Morgan fingerprint density at radius 3 is 2.77 bits per heavy atom. The fourth-order valence-corrected chi connectivity index (χ4v) is 2.84. The first-order chi connectivity index (χ1) is 10.6. The number of rotatable bonds is 4. The van der Waals surface area contributed by atoms with Crippen molar-refractivity contribution < 1.29 is 13.9 Å². The molecule has 1 saturated carbocycles. The van der Waals surface area contributed by atoms with Gasteiger partial charge >= 0.3 is 0 Å². The van der Waals surface area contributed by atoms with E-state index in [1.807, 2.05) is 0 Å². The van der Waals surface area contributed by atoms with Gasteiger partial charge in [0, 0.05) is 11.6 Å². The maximum Gasteiger partial charge on any atom is 0.228 e. The fraction of sp³-hybridized carbons (Fsp3) is 0.235. The van der Waals surface area contributed by atoms with Crippen molar-refractivity contribution in [2.75, 3.05) is 12.4 Å². The van der Waals surface area contributed by atoms with Crippen molar-refractivity contribution in [2.45, 2.75) is 12.3 Å². The minimum atomic E-state index is -0.254. The quantitative estimate of drug-likeness (QED) is 0.915. The summed E-state index contributed by atoms with van der Waals surface area (Å²) in [4.78, 5) is 12.2. The highest BCUT2D eigenvalue weighted by molar-refractivity contribution is 6.32. The second-order valence-electron chi connectivity index (χ2n) is 5.31. The Bertz CT molecular complexity index is 720. The average Bonchev–Trinajstić information content (AvgIpc) is 3.28. The summed E-state index contributed by atoms with van der Waals surface area (Å²) in [5, 5.41) is 3.25. The smallest absolute Gasteiger partial charge is 0.228 e. The van der Waals surface area contributed by atoms with Gasteiger partial charge in [-0.15, -0.1) is 0 Å². The molecule has 0 bridgehead atoms. The van der Waals surface area contributed by atoms with E-state index in [4.69, 9.17) is 16.3 Å². The van der Waals surface area contributed by atoms with E-state index in [9.17, 15) is 9.18 Å². The number of anilines is 1. The summed E-state index contributed by atoms with van der Waals surface area (Å²) in [7, 11) is 1.53. The number of amides is 1. The van der Waals surface area contributed by atoms with E-state index in [-0.39, 0.29) is 23.6 Å². The standard InChI is InChI=1S/C17H15ClFNO2/c1-22-16-7-6-10(8-14(16)18)20-17(21)13-9-12(13)11-4-2-3-5-15(11)19/h2-8,12-13H,9H2,1H3,(H,20,21). The number of hydrogen-bond donors (Lipinski definition) is 1. The second kappa shape index (κ2) is 5.97. The van der Waals surface area contributed by atoms with Crippen molar-refractivity contribution in [1.29, 1.82) is 0 Å². The lowest BCUT2D eigenvalue weighted by molar-refractivity contribution is -0.117. The van der Waals surface area contributed by atoms with Gasteiger partial charge in [-0.05, 0) is 42.2 Å². The van der Waals surface area contributed by atoms with Crippen molar-refractivity contribution in [1.82, 2.24) is 0 Å². The Morgan fingerprint density at radius 2 is 2.09 bits per heavy atom. The van der Waals surface area contributed by atoms with Crippen LogP contribution in [0.1, 0.15) is 17.9 Å². The van der Waals surface area contributed by atoms with Gasteiger partial charge in [-0.2, -0.15) is 0 Å². The summed E-state index contributed by atoms with van der Waals surface area (Å²) in [6, 6.07) is 11.6. The first kappa shape index (κ1) is 14.9. The molecule has 0 aliphatic heterocycles. The van der Waals surface area contributed by atoms with E-state index in [1.54, 1.807) is 36.4 Å². The molecule has 1 N–H and O–H groups in total. The number of nitrogens with one attached hydrogen (secondary N) is 1. The van der Waals surface area contributed by atoms with Crippen LogP contribution in [0.5, 0.6) is 5.75 Å². The van der Waals surface area contributed by atoms with Gasteiger partial charge in [-0.1, -0.05) is 29.8 Å². The number of methoxy groups -OCH3 is 1. The molecular weight excluding hydrogens is 305 g/mol. The highest BCUT2D eigenvalue weighted by Gasteiger charge is 2.45. The third-order valence-electron chi connectivity index (χ3n) is 3.85. The number of carbonyl (C=O) groups is 1. The predicted molar refractivity (Wildman–Crippen MR) is 83.9 cm³/mol. The number of hydrogen-bond acceptors (Lipinski definition) is 2. The van der Waals surface area contributed by atoms with E-state index in [1.165, 1.54) is 13.2 Å². The topological polar surface area (TPSA) is 38.3 Å². The van der Waals surface area contributed by atoms with Crippen molar-refractivity contribution in [3.8, 4) is 5.75 Å². The van der Waals surface area contributed by atoms with Crippen LogP contribution in [0, 0.1) is 11.7 Å². The van der Waals surface area contributed by atoms with Crippen LogP contribution in [0.25, 0.3) is 0 Å². The molecule has 0 saturated heterocycles. The summed E-state index contributed by atoms with van der Waals surface area (Å²) in [5.41, 5.74) is 1.21. The molecule has 22 heavy (non-hydrogen) atoms. The van der Waals surface area contributed by atoms with E-state index in [0.29, 0.717) is 28.4 Å². The minimum Gasteiger partial charge on any atom is -0.495 e. The molecular formula is C17H15ClFNO2. The molecule has 0 spiro atoms. The monoisotopic (exact) mass is 319 g/mol. The normalized spacial score (nSPS) is 19.6. The fourth-order valence-electron chi connectivity index (χ4n) is 2.58. The van der Waals surface area contributed by atoms with Crippen molar-refractivity contribution >= 4 is 23.2 Å². The molecule has 1 fully saturated rings. The molecule has 2 aromatic carbocycles. The minimum absolute atomic E-state index is 0.0464. The Balaban J connectivity index is 1.67. The van der Waals surface area contributed by atoms with Gasteiger partial charge in [0.1, 0.15) is 11.6 Å². The van der Waals surface area contributed by atoms with E-state index < -0.39 is 0 Å². The summed E-state index contributed by atoms with van der Waals surface area (Å²) in [6.07, 6.45) is 0.663. The van der Waals surface area contributed by atoms with Crippen LogP contribution in [0.2, 0.25) is 5.02 Å². The van der Waals surface area contributed by atoms with Gasteiger partial charge in [0.2, 0.25) is 5.91 Å². The average molecular weight is 320 g/mol. The Kier molecular flexibility index (Phi) is 4.03. The number of benzene rings is 2. The number of ether oxygens (including phenoxy) is 1. The predicted octanol–water partition coefficient (Wildman–Crippen LogP) is 4.23. The molecule has 1 amide bonds. The molecule has 2 aromatic rings. The third-order valence-corrected chi connectivity index (χ3v) is 4.15. The van der Waals surface area contributed by atoms with Crippen molar-refractivity contribution in [2.24, 2.45) is 5.92 Å². The van der Waals surface area contributed by atoms with E-state index in [0.717, 1.165) is 0 Å². The lowest BCUT2D eigenvalue weighted by atomic mass is 10.1. The first-order valence-corrected chi connectivity index (χ1v) is 7.36. The van der Waals surface area contributed by atoms with Crippen LogP contribution in [0.15, 0.2) is 42.5 Å². The zero-order valence-electron chi connectivity index (χ0n) is 12.0. The highest BCUT2D eigenvalue weighted by Crippen LogP contribution is 2.48. The van der Waals surface area contributed by atoms with Crippen LogP contribution in [-0.2, 0) is 4.79 Å². The van der Waals surface area contributed by atoms with Crippen LogP contribution in [0.3, 0.4) is 0 Å². The van der Waals surface area contributed by atoms with Gasteiger partial charge in [0.15, 0.2) is 0 Å². The van der Waals surface area contributed by atoms with Gasteiger partial charge in [-0.25, -0.2) is 4.39 Å². The summed E-state index contributed by atoms with van der Waals surface area (Å²) >= 11 is 6.03. The van der Waals surface area contributed by atoms with Gasteiger partial charge in [0.05, 0.1) is 12.1 Å². The summed E-state index contributed by atoms with van der Waals surface area (Å²) < 4.78 is 18.8. The first-order valence-electron chi connectivity index (χ1n) is 6.99.